The van der Waals surface area contributed by atoms with E-state index in [0.29, 0.717) is 35.4 Å². The van der Waals surface area contributed by atoms with Gasteiger partial charge in [-0.3, -0.25) is 14.8 Å². The van der Waals surface area contributed by atoms with E-state index in [1.807, 2.05) is 38.1 Å². The highest BCUT2D eigenvalue weighted by molar-refractivity contribution is 7.92. The van der Waals surface area contributed by atoms with Gasteiger partial charge in [0.2, 0.25) is 0 Å². The monoisotopic (exact) mass is 533 g/mol. The van der Waals surface area contributed by atoms with Crippen LogP contribution in [-0.2, 0) is 16.4 Å². The van der Waals surface area contributed by atoms with Crippen LogP contribution in [0.5, 0.6) is 0 Å². The van der Waals surface area contributed by atoms with Gasteiger partial charge < -0.3 is 10.6 Å². The molecule has 2 N–H and O–H groups in total. The molecule has 8 nitrogen and oxygen atoms in total. The molecule has 2 atom stereocenters. The van der Waals surface area contributed by atoms with Crippen molar-refractivity contribution in [3.63, 3.8) is 0 Å². The lowest BCUT2D eigenvalue weighted by molar-refractivity contribution is 0.0669. The molecule has 0 radical (unpaired) electrons. The zero-order valence-electron chi connectivity index (χ0n) is 20.6. The predicted octanol–water partition coefficient (Wildman–Crippen LogP) is 3.76. The van der Waals surface area contributed by atoms with Crippen LogP contribution in [0.4, 0.5) is 5.82 Å². The van der Waals surface area contributed by atoms with Crippen molar-refractivity contribution in [3.8, 4) is 0 Å². The molecule has 1 unspecified atom stereocenters. The molecule has 0 saturated heterocycles. The largest absolute Gasteiger partial charge is 0.383 e. The standard InChI is InChI=1S/C27H28N5O3PS/c1-16-12-19-13-18(5-10-23(19)31-26(16)28)27(33)32(17(2)25-24(36)4-3-11-29-25)15-20-6-7-22(14-30-20)37(34,35)21-8-9-21/h3-7,10-14,17,21H,8-9,15,36H2,1-2H3,(H2,28,31)/t17-/m1/s1. The predicted molar refractivity (Wildman–Crippen MR) is 147 cm³/mol. The number of carbonyl (C=O) groups is 1. The first kappa shape index (κ1) is 25.2. The zero-order valence-corrected chi connectivity index (χ0v) is 22.6. The fraction of sp³-hybridized carbons (Fsp3) is 0.259. The van der Waals surface area contributed by atoms with Gasteiger partial charge in [-0.2, -0.15) is 0 Å². The molecule has 0 aliphatic heterocycles. The number of rotatable bonds is 7. The van der Waals surface area contributed by atoms with Crippen molar-refractivity contribution in [2.45, 2.75) is 49.4 Å². The average Bonchev–Trinajstić information content (AvgIpc) is 3.74. The van der Waals surface area contributed by atoms with Crippen molar-refractivity contribution >= 4 is 47.0 Å². The Hall–Kier alpha value is -3.42. The molecule has 37 heavy (non-hydrogen) atoms. The Morgan fingerprint density at radius 2 is 1.95 bits per heavy atom. The number of sulfone groups is 1. The van der Waals surface area contributed by atoms with Crippen molar-refractivity contribution in [1.29, 1.82) is 0 Å². The van der Waals surface area contributed by atoms with Gasteiger partial charge in [0.05, 0.1) is 39.6 Å². The number of carbonyl (C=O) groups excluding carboxylic acids is 1. The number of nitrogens with zero attached hydrogens (tertiary/aromatic N) is 4. The summed E-state index contributed by atoms with van der Waals surface area (Å²) in [6, 6.07) is 13.9. The van der Waals surface area contributed by atoms with Gasteiger partial charge in [-0.1, -0.05) is 6.07 Å². The Balaban J connectivity index is 1.50. The molecular formula is C27H28N5O3PS. The van der Waals surface area contributed by atoms with Gasteiger partial charge in [0.1, 0.15) is 5.82 Å². The minimum Gasteiger partial charge on any atom is -0.383 e. The number of hydrogen-bond donors (Lipinski definition) is 1. The minimum atomic E-state index is -3.33. The normalized spacial score (nSPS) is 14.5. The van der Waals surface area contributed by atoms with E-state index in [0.717, 1.165) is 21.9 Å². The first-order valence-corrected chi connectivity index (χ1v) is 14.1. The molecule has 1 saturated carbocycles. The van der Waals surface area contributed by atoms with E-state index < -0.39 is 9.84 Å². The lowest BCUT2D eigenvalue weighted by Gasteiger charge is -2.30. The third kappa shape index (κ3) is 5.06. The van der Waals surface area contributed by atoms with E-state index >= 15 is 0 Å². The molecule has 1 aliphatic carbocycles. The first-order valence-electron chi connectivity index (χ1n) is 12.0. The zero-order chi connectivity index (χ0) is 26.3. The van der Waals surface area contributed by atoms with E-state index in [-0.39, 0.29) is 28.6 Å². The first-order chi connectivity index (χ1) is 17.6. The summed E-state index contributed by atoms with van der Waals surface area (Å²) >= 11 is 0. The molecule has 3 heterocycles. The second-order valence-electron chi connectivity index (χ2n) is 9.41. The Labute approximate surface area is 218 Å². The number of nitrogen functional groups attached to an aromatic ring is 1. The van der Waals surface area contributed by atoms with Gasteiger partial charge >= 0.3 is 0 Å². The van der Waals surface area contributed by atoms with Crippen molar-refractivity contribution in [2.24, 2.45) is 0 Å². The van der Waals surface area contributed by atoms with Crippen LogP contribution in [0, 0.1) is 6.92 Å². The molecule has 0 bridgehead atoms. The summed E-state index contributed by atoms with van der Waals surface area (Å²) in [6.07, 6.45) is 4.48. The summed E-state index contributed by atoms with van der Waals surface area (Å²) in [5.74, 6) is 0.263. The van der Waals surface area contributed by atoms with Crippen LogP contribution >= 0.6 is 9.24 Å². The van der Waals surface area contributed by atoms with Gasteiger partial charge in [-0.25, -0.2) is 13.4 Å². The summed E-state index contributed by atoms with van der Waals surface area (Å²) < 4.78 is 25.2. The van der Waals surface area contributed by atoms with E-state index in [2.05, 4.69) is 24.2 Å². The topological polar surface area (TPSA) is 119 Å². The van der Waals surface area contributed by atoms with Crippen LogP contribution in [0.3, 0.4) is 0 Å². The van der Waals surface area contributed by atoms with Crippen LogP contribution in [0.15, 0.2) is 65.8 Å². The molecule has 190 valence electrons. The third-order valence-electron chi connectivity index (χ3n) is 6.71. The maximum atomic E-state index is 13.9. The number of hydrogen-bond acceptors (Lipinski definition) is 7. The molecule has 3 aromatic heterocycles. The van der Waals surface area contributed by atoms with Crippen LogP contribution in [-0.4, -0.2) is 39.4 Å². The molecule has 1 fully saturated rings. The van der Waals surface area contributed by atoms with Gasteiger partial charge in [0.25, 0.3) is 5.91 Å². The summed E-state index contributed by atoms with van der Waals surface area (Å²) in [4.78, 5) is 29.2. The highest BCUT2D eigenvalue weighted by Crippen LogP contribution is 2.33. The highest BCUT2D eigenvalue weighted by atomic mass is 32.2. The van der Waals surface area contributed by atoms with Gasteiger partial charge in [0.15, 0.2) is 9.84 Å². The number of aryl methyl sites for hydroxylation is 1. The summed E-state index contributed by atoms with van der Waals surface area (Å²) in [5.41, 5.74) is 9.34. The van der Waals surface area contributed by atoms with Gasteiger partial charge in [-0.15, -0.1) is 9.24 Å². The number of nitrogens with two attached hydrogens (primary N) is 1. The molecular weight excluding hydrogens is 505 g/mol. The average molecular weight is 534 g/mol. The summed E-state index contributed by atoms with van der Waals surface area (Å²) in [6.45, 7) is 3.99. The Morgan fingerprint density at radius 1 is 1.16 bits per heavy atom. The number of pyridine rings is 3. The highest BCUT2D eigenvalue weighted by Gasteiger charge is 2.37. The fourth-order valence-electron chi connectivity index (χ4n) is 4.33. The minimum absolute atomic E-state index is 0.182. The number of anilines is 1. The SMILES string of the molecule is Cc1cc2cc(C(=O)N(Cc3ccc(S(=O)(=O)C4CC4)cn3)[C@H](C)c3ncccc3P)ccc2nc1N. The smallest absolute Gasteiger partial charge is 0.254 e. The van der Waals surface area contributed by atoms with E-state index in [4.69, 9.17) is 5.73 Å². The lowest BCUT2D eigenvalue weighted by Crippen LogP contribution is -2.35. The third-order valence-corrected chi connectivity index (χ3v) is 9.44. The maximum Gasteiger partial charge on any atom is 0.254 e. The van der Waals surface area contributed by atoms with Crippen LogP contribution in [0.1, 0.15) is 53.1 Å². The molecule has 0 spiro atoms. The number of aromatic nitrogens is 3. The van der Waals surface area contributed by atoms with Gasteiger partial charge in [0, 0.05) is 23.3 Å². The number of fused-ring (bicyclic) bond motifs is 1. The Kier molecular flexibility index (Phi) is 6.68. The van der Waals surface area contributed by atoms with E-state index in [9.17, 15) is 13.2 Å². The molecule has 10 heteroatoms. The van der Waals surface area contributed by atoms with Crippen LogP contribution < -0.4 is 11.0 Å². The molecule has 5 rings (SSSR count). The van der Waals surface area contributed by atoms with Crippen LogP contribution in [0.25, 0.3) is 10.9 Å². The van der Waals surface area contributed by atoms with Crippen molar-refractivity contribution in [3.05, 3.63) is 83.4 Å². The van der Waals surface area contributed by atoms with Crippen molar-refractivity contribution < 1.29 is 13.2 Å². The number of amides is 1. The van der Waals surface area contributed by atoms with E-state index in [1.54, 1.807) is 35.4 Å². The molecule has 1 amide bonds. The molecule has 1 aliphatic rings. The second kappa shape index (κ2) is 9.80. The maximum absolute atomic E-state index is 13.9. The summed E-state index contributed by atoms with van der Waals surface area (Å²) in [7, 11) is -0.664. The molecule has 4 aromatic rings. The Morgan fingerprint density at radius 3 is 2.62 bits per heavy atom. The van der Waals surface area contributed by atoms with Crippen molar-refractivity contribution in [2.75, 3.05) is 5.73 Å². The molecule has 1 aromatic carbocycles. The van der Waals surface area contributed by atoms with Gasteiger partial charge in [-0.05, 0) is 80.0 Å². The quantitative estimate of drug-likeness (QED) is 0.359. The van der Waals surface area contributed by atoms with E-state index in [1.165, 1.54) is 6.20 Å². The second-order valence-corrected chi connectivity index (χ2v) is 12.3. The van der Waals surface area contributed by atoms with Crippen molar-refractivity contribution in [1.82, 2.24) is 19.9 Å². The Bertz CT molecular complexity index is 1600. The fourth-order valence-corrected chi connectivity index (χ4v) is 6.35. The van der Waals surface area contributed by atoms with Crippen LogP contribution in [0.2, 0.25) is 0 Å². The number of benzene rings is 1. The summed E-state index contributed by atoms with van der Waals surface area (Å²) in [5, 5.41) is 1.41. The lowest BCUT2D eigenvalue weighted by atomic mass is 10.1.